The van der Waals surface area contributed by atoms with Crippen LogP contribution < -0.4 is 35.2 Å². The molecule has 356 valence electrons. The number of sulfonamides is 1. The van der Waals surface area contributed by atoms with E-state index < -0.39 is 39.6 Å². The van der Waals surface area contributed by atoms with Gasteiger partial charge >= 0.3 is 22.0 Å². The number of ether oxygens (including phenoxy) is 2. The zero-order valence-electron chi connectivity index (χ0n) is 38.9. The Morgan fingerprint density at radius 2 is 1.83 bits per heavy atom. The summed E-state index contributed by atoms with van der Waals surface area (Å²) in [4.78, 5) is 52.5. The van der Waals surface area contributed by atoms with E-state index in [1.807, 2.05) is 43.5 Å². The van der Waals surface area contributed by atoms with Crippen LogP contribution in [0, 0.1) is 0 Å². The second kappa shape index (κ2) is 22.0. The number of benzene rings is 2. The van der Waals surface area contributed by atoms with E-state index in [9.17, 15) is 27.9 Å². The van der Waals surface area contributed by atoms with Gasteiger partial charge in [0.25, 0.3) is 0 Å². The maximum atomic E-state index is 14.5. The number of nitrogens with one attached hydrogen (secondary N) is 5. The first-order chi connectivity index (χ1) is 31.5. The minimum atomic E-state index is -4.02. The monoisotopic (exact) mass is 946 g/mol. The minimum absolute atomic E-state index is 0.0377. The number of nitrogens with zero attached hydrogens (tertiary/aromatic N) is 4. The molecule has 66 heavy (non-hydrogen) atoms. The number of hydrazine groups is 1. The number of allylic oxidation sites excluding steroid dienone is 1. The van der Waals surface area contributed by atoms with Crippen LogP contribution >= 0.6 is 11.3 Å². The number of methoxy groups -OCH3 is 1. The van der Waals surface area contributed by atoms with E-state index in [0.717, 1.165) is 36.4 Å². The van der Waals surface area contributed by atoms with E-state index in [0.29, 0.717) is 65.3 Å². The van der Waals surface area contributed by atoms with Gasteiger partial charge in [0.1, 0.15) is 28.8 Å². The van der Waals surface area contributed by atoms with Crippen molar-refractivity contribution in [3.05, 3.63) is 65.6 Å². The van der Waals surface area contributed by atoms with Crippen LogP contribution in [0.15, 0.2) is 70.5 Å². The summed E-state index contributed by atoms with van der Waals surface area (Å²) < 4.78 is 41.1. The van der Waals surface area contributed by atoms with Crippen molar-refractivity contribution in [3.63, 3.8) is 0 Å². The van der Waals surface area contributed by atoms with Gasteiger partial charge in [-0.1, -0.05) is 34.6 Å². The molecule has 6 N–H and O–H groups in total. The summed E-state index contributed by atoms with van der Waals surface area (Å²) in [5.74, 6) is -0.0419. The molecule has 0 unspecified atom stereocenters. The fraction of sp³-hybridized carbons (Fsp3) is 0.489. The molecule has 2 aliphatic heterocycles. The Bertz CT molecular complexity index is 2540. The van der Waals surface area contributed by atoms with Crippen LogP contribution in [0.3, 0.4) is 0 Å². The van der Waals surface area contributed by atoms with Crippen molar-refractivity contribution in [3.8, 4) is 22.9 Å². The fourth-order valence-corrected chi connectivity index (χ4v) is 10.2. The highest BCUT2D eigenvalue weighted by Gasteiger charge is 2.52. The number of thiazole rings is 1. The summed E-state index contributed by atoms with van der Waals surface area (Å²) in [5.41, 5.74) is 4.65. The Balaban J connectivity index is 1.22. The molecule has 2 aliphatic rings. The van der Waals surface area contributed by atoms with Crippen LogP contribution in [0.1, 0.15) is 99.3 Å². The molecule has 0 spiro atoms. The average Bonchev–Trinajstić information content (AvgIpc) is 3.87. The molecule has 1 fully saturated rings. The van der Waals surface area contributed by atoms with Gasteiger partial charge in [0.15, 0.2) is 10.0 Å². The molecule has 0 aliphatic carbocycles. The highest BCUT2D eigenvalue weighted by atomic mass is 32.2. The Labute approximate surface area is 391 Å². The van der Waals surface area contributed by atoms with Gasteiger partial charge in [0.2, 0.25) is 11.8 Å². The Morgan fingerprint density at radius 1 is 1.05 bits per heavy atom. The van der Waals surface area contributed by atoms with Crippen LogP contribution in [0.2, 0.25) is 0 Å². The normalized spacial score (nSPS) is 20.9. The summed E-state index contributed by atoms with van der Waals surface area (Å²) in [6.45, 7) is 11.6. The van der Waals surface area contributed by atoms with Crippen molar-refractivity contribution < 1.29 is 41.8 Å². The van der Waals surface area contributed by atoms with Crippen molar-refractivity contribution in [2.75, 3.05) is 37.4 Å². The third-order valence-electron chi connectivity index (χ3n) is 11.5. The van der Waals surface area contributed by atoms with Gasteiger partial charge in [-0.05, 0) is 97.4 Å². The van der Waals surface area contributed by atoms with Crippen LogP contribution in [0.4, 0.5) is 15.6 Å². The first kappa shape index (κ1) is 49.5. The Kier molecular flexibility index (Phi) is 16.5. The fourth-order valence-electron chi connectivity index (χ4n) is 8.14. The smallest absolute Gasteiger partial charge is 0.397 e. The lowest BCUT2D eigenvalue weighted by atomic mass is 9.96. The number of amides is 4. The standard InChI is InChI=1S/C47H63N9O8S2/c1-30(2)50-45-52-40(29-65-45)39-26-41(36-21-20-34(63-7)25-38(36)51-39)64-35-27-47(6,55(28-35)46(60)56(31(3)4)53-32(5)57)44(59)49-24-22-33-15-10-8-9-13-23-48-37-17-11-12-18-42(37)66(61,62)54-43(58)19-14-16-33/h11-12,15,17-18,20-21,25-26,29-31,35,48H,8-10,13-14,16,19,22-24,27-28H2,1-7H3,(H,49,59)(H,50,52)(H,53,57)(H,54,58)/p+1/b33-15-/t35-,47+/m1/s1. The number of hydrogen-bond donors (Lipinski definition) is 6. The van der Waals surface area contributed by atoms with Crippen molar-refractivity contribution >= 4 is 66.8 Å². The summed E-state index contributed by atoms with van der Waals surface area (Å²) in [5, 5.41) is 25.0. The van der Waals surface area contributed by atoms with Gasteiger partial charge in [-0.25, -0.2) is 19.8 Å². The van der Waals surface area contributed by atoms with E-state index in [4.69, 9.17) is 19.4 Å². The molecule has 1 saturated heterocycles. The summed E-state index contributed by atoms with van der Waals surface area (Å²) in [7, 11) is -2.43. The molecule has 6 rings (SSSR count). The summed E-state index contributed by atoms with van der Waals surface area (Å²) in [6, 6.07) is 13.2. The molecule has 2 aromatic carbocycles. The number of rotatable bonds is 11. The number of fused-ring (bicyclic) bond motifs is 2. The maximum absolute atomic E-state index is 14.5. The zero-order chi connectivity index (χ0) is 47.6. The lowest BCUT2D eigenvalue weighted by molar-refractivity contribution is -0.283. The molecule has 4 heterocycles. The van der Waals surface area contributed by atoms with Crippen LogP contribution in [-0.2, 0) is 19.6 Å². The summed E-state index contributed by atoms with van der Waals surface area (Å²) >= 11 is 1.47. The first-order valence-corrected chi connectivity index (χ1v) is 25.0. The molecule has 19 heteroatoms. The van der Waals surface area contributed by atoms with Gasteiger partial charge in [-0.2, -0.15) is 8.42 Å². The topological polar surface area (TPSA) is 218 Å². The number of aliphatic hydroxyl groups is 1. The Hall–Kier alpha value is -5.95. The number of likely N-dealkylation sites (tertiary alicyclic amines) is 1. The number of para-hydroxylation sites is 1. The Morgan fingerprint density at radius 3 is 2.58 bits per heavy atom. The number of carbonyl (C=O) groups excluding carboxylic acids is 3. The predicted molar refractivity (Wildman–Crippen MR) is 257 cm³/mol. The largest absolute Gasteiger partial charge is 0.497 e. The van der Waals surface area contributed by atoms with Crippen LogP contribution in [-0.4, -0.2) is 108 Å². The average molecular weight is 947 g/mol. The van der Waals surface area contributed by atoms with Crippen LogP contribution in [0.25, 0.3) is 22.3 Å². The van der Waals surface area contributed by atoms with Crippen molar-refractivity contribution in [1.29, 1.82) is 0 Å². The van der Waals surface area contributed by atoms with Gasteiger partial charge in [0.05, 0.1) is 37.0 Å². The number of aromatic nitrogens is 2. The number of anilines is 2. The zero-order valence-corrected chi connectivity index (χ0v) is 40.5. The SMILES string of the molecule is COc1ccc2c(O[C@H]3CN(C(=O)N(NC(C)=O)C(C)C)[C@](C)(C(=O)NCC/C4=C\CCCCCNc5ccccc5S(=O)(=O)/[NH+]=C(\O)CCC4)C3)cc(-c3csc(NC(C)C)n3)nc2c1. The third-order valence-corrected chi connectivity index (χ3v) is 13.7. The molecule has 17 nitrogen and oxygen atoms in total. The maximum Gasteiger partial charge on any atom is 0.397 e. The molecule has 4 aromatic rings. The third kappa shape index (κ3) is 12.5. The molecule has 2 atom stereocenters. The molecule has 0 saturated carbocycles. The van der Waals surface area contributed by atoms with Gasteiger partial charge < -0.3 is 35.4 Å². The van der Waals surface area contributed by atoms with Crippen molar-refractivity contribution in [2.45, 2.75) is 128 Å². The van der Waals surface area contributed by atoms with Gasteiger partial charge in [-0.15, -0.1) is 11.3 Å². The number of hydrogen-bond acceptors (Lipinski definition) is 12. The van der Waals surface area contributed by atoms with E-state index in [1.165, 1.54) is 34.2 Å². The van der Waals surface area contributed by atoms with Crippen molar-refractivity contribution in [2.24, 2.45) is 0 Å². The van der Waals surface area contributed by atoms with E-state index >= 15 is 0 Å². The minimum Gasteiger partial charge on any atom is -0.497 e. The molecule has 4 amide bonds. The lowest BCUT2D eigenvalue weighted by Gasteiger charge is -2.38. The van der Waals surface area contributed by atoms with Gasteiger partial charge in [0, 0.05) is 61.4 Å². The molecular formula is C47H64N9O8S2+. The van der Waals surface area contributed by atoms with E-state index in [-0.39, 0.29) is 48.7 Å². The quantitative estimate of drug-likeness (QED) is 0.0722. The number of carbonyl (C=O) groups is 3. The summed E-state index contributed by atoms with van der Waals surface area (Å²) in [6.07, 6.45) is 6.83. The first-order valence-electron chi connectivity index (χ1n) is 22.6. The van der Waals surface area contributed by atoms with Crippen molar-refractivity contribution in [1.82, 2.24) is 30.6 Å². The number of pyridine rings is 1. The highest BCUT2D eigenvalue weighted by molar-refractivity contribution is 7.85. The second-order valence-electron chi connectivity index (χ2n) is 17.5. The lowest BCUT2D eigenvalue weighted by Crippen LogP contribution is -2.76. The number of urea groups is 1. The van der Waals surface area contributed by atoms with Gasteiger partial charge in [-0.3, -0.25) is 15.0 Å². The molecular weight excluding hydrogens is 883 g/mol. The molecule has 0 radical (unpaired) electrons. The number of aliphatic hydroxyl groups excluding tert-OH is 1. The molecule has 2 aromatic heterocycles. The predicted octanol–water partition coefficient (Wildman–Crippen LogP) is 6.30. The van der Waals surface area contributed by atoms with E-state index in [2.05, 4.69) is 31.8 Å². The highest BCUT2D eigenvalue weighted by Crippen LogP contribution is 2.38. The van der Waals surface area contributed by atoms with E-state index in [1.54, 1.807) is 46.1 Å². The second-order valence-corrected chi connectivity index (χ2v) is 20.0. The van der Waals surface area contributed by atoms with Crippen LogP contribution in [0.5, 0.6) is 11.5 Å². The molecule has 0 bridgehead atoms.